The molecule has 0 saturated heterocycles. The molecule has 4 aromatic rings. The first-order chi connectivity index (χ1) is 14.2. The number of thioether (sulfide) groups is 1. The molecule has 1 aliphatic rings. The van der Waals surface area contributed by atoms with E-state index in [0.29, 0.717) is 6.54 Å². The fraction of sp³-hybridized carbons (Fsp3) is 0.304. The summed E-state index contributed by atoms with van der Waals surface area (Å²) >= 11 is 3.33. The molecule has 4 nitrogen and oxygen atoms in total. The molecule has 0 atom stereocenters. The van der Waals surface area contributed by atoms with E-state index in [0.717, 1.165) is 46.1 Å². The Balaban J connectivity index is 1.58. The lowest BCUT2D eigenvalue weighted by molar-refractivity contribution is 0.476. The van der Waals surface area contributed by atoms with Crippen LogP contribution in [0.15, 0.2) is 57.0 Å². The average Bonchev–Trinajstić information content (AvgIpc) is 3.37. The van der Waals surface area contributed by atoms with Crippen LogP contribution in [0.25, 0.3) is 10.2 Å². The van der Waals surface area contributed by atoms with Gasteiger partial charge in [-0.15, -0.1) is 11.3 Å². The lowest BCUT2D eigenvalue weighted by Crippen LogP contribution is -2.24. The number of aryl methyl sites for hydroxylation is 3. The minimum Gasteiger partial charge on any atom is -0.467 e. The van der Waals surface area contributed by atoms with E-state index in [1.807, 2.05) is 12.1 Å². The molecule has 5 rings (SSSR count). The molecule has 3 heterocycles. The topological polar surface area (TPSA) is 48.0 Å². The van der Waals surface area contributed by atoms with E-state index in [4.69, 9.17) is 9.40 Å². The van der Waals surface area contributed by atoms with Gasteiger partial charge in [0.2, 0.25) is 0 Å². The van der Waals surface area contributed by atoms with Crippen LogP contribution in [0.5, 0.6) is 0 Å². The molecule has 0 unspecified atom stereocenters. The minimum absolute atomic E-state index is 0.0669. The summed E-state index contributed by atoms with van der Waals surface area (Å²) in [6.45, 7) is 2.50. The van der Waals surface area contributed by atoms with Crippen molar-refractivity contribution in [2.24, 2.45) is 0 Å². The Morgan fingerprint density at radius 3 is 2.79 bits per heavy atom. The molecular formula is C23H22N2O2S2. The largest absolute Gasteiger partial charge is 0.467 e. The van der Waals surface area contributed by atoms with E-state index >= 15 is 0 Å². The summed E-state index contributed by atoms with van der Waals surface area (Å²) in [6.07, 6.45) is 6.07. The van der Waals surface area contributed by atoms with Gasteiger partial charge in [-0.2, -0.15) is 0 Å². The first kappa shape index (κ1) is 18.7. The van der Waals surface area contributed by atoms with Crippen molar-refractivity contribution in [3.8, 4) is 0 Å². The van der Waals surface area contributed by atoms with Crippen LogP contribution >= 0.6 is 23.1 Å². The normalized spacial score (nSPS) is 13.7. The maximum absolute atomic E-state index is 13.5. The highest BCUT2D eigenvalue weighted by Gasteiger charge is 2.22. The molecule has 0 aliphatic heterocycles. The Bertz CT molecular complexity index is 1200. The highest BCUT2D eigenvalue weighted by Crippen LogP contribution is 2.35. The number of aromatic nitrogens is 2. The summed E-state index contributed by atoms with van der Waals surface area (Å²) in [5.74, 6) is 1.55. The third kappa shape index (κ3) is 3.67. The van der Waals surface area contributed by atoms with Crippen molar-refractivity contribution in [1.29, 1.82) is 0 Å². The number of rotatable bonds is 5. The van der Waals surface area contributed by atoms with Crippen LogP contribution < -0.4 is 5.56 Å². The third-order valence-corrected chi connectivity index (χ3v) is 7.66. The van der Waals surface area contributed by atoms with Gasteiger partial charge in [-0.1, -0.05) is 41.6 Å². The van der Waals surface area contributed by atoms with Gasteiger partial charge in [0.1, 0.15) is 10.6 Å². The first-order valence-corrected chi connectivity index (χ1v) is 11.7. The molecule has 0 saturated carbocycles. The summed E-state index contributed by atoms with van der Waals surface area (Å²) in [6, 6.07) is 12.3. The SMILES string of the molecule is Cc1ccc(CSc2nc3sc4c(c3c(=O)n2Cc2ccco2)CCCC4)cc1. The molecular weight excluding hydrogens is 400 g/mol. The van der Waals surface area contributed by atoms with E-state index in [1.54, 1.807) is 33.9 Å². The van der Waals surface area contributed by atoms with Gasteiger partial charge in [-0.25, -0.2) is 4.98 Å². The van der Waals surface area contributed by atoms with E-state index in [-0.39, 0.29) is 5.56 Å². The van der Waals surface area contributed by atoms with E-state index < -0.39 is 0 Å². The van der Waals surface area contributed by atoms with Gasteiger partial charge in [0.15, 0.2) is 5.16 Å². The summed E-state index contributed by atoms with van der Waals surface area (Å²) in [7, 11) is 0. The van der Waals surface area contributed by atoms with Gasteiger partial charge >= 0.3 is 0 Å². The van der Waals surface area contributed by atoms with Crippen LogP contribution in [-0.4, -0.2) is 9.55 Å². The van der Waals surface area contributed by atoms with E-state index in [9.17, 15) is 4.79 Å². The quantitative estimate of drug-likeness (QED) is 0.311. The van der Waals surface area contributed by atoms with Crippen LogP contribution in [0.3, 0.4) is 0 Å². The molecule has 0 radical (unpaired) electrons. The van der Waals surface area contributed by atoms with Crippen molar-refractivity contribution in [1.82, 2.24) is 9.55 Å². The molecule has 0 fully saturated rings. The predicted molar refractivity (Wildman–Crippen MR) is 119 cm³/mol. The number of thiophene rings is 1. The van der Waals surface area contributed by atoms with Crippen LogP contribution in [0.1, 0.15) is 40.2 Å². The average molecular weight is 423 g/mol. The maximum atomic E-state index is 13.5. The summed E-state index contributed by atoms with van der Waals surface area (Å²) < 4.78 is 7.33. The molecule has 29 heavy (non-hydrogen) atoms. The Kier molecular flexibility index (Phi) is 5.06. The predicted octanol–water partition coefficient (Wildman–Crippen LogP) is 5.58. The zero-order chi connectivity index (χ0) is 19.8. The van der Waals surface area contributed by atoms with Crippen LogP contribution in [0.4, 0.5) is 0 Å². The maximum Gasteiger partial charge on any atom is 0.263 e. The standard InChI is InChI=1S/C23H22N2O2S2/c1-15-8-10-16(11-9-15)14-28-23-24-21-20(18-6-2-3-7-19(18)29-21)22(26)25(23)13-17-5-4-12-27-17/h4-5,8-12H,2-3,6-7,13-14H2,1H3. The Labute approximate surface area is 177 Å². The number of hydrogen-bond acceptors (Lipinski definition) is 5. The highest BCUT2D eigenvalue weighted by molar-refractivity contribution is 7.98. The van der Waals surface area contributed by atoms with Gasteiger partial charge in [0, 0.05) is 10.6 Å². The Hall–Kier alpha value is -2.31. The molecule has 0 spiro atoms. The van der Waals surface area contributed by atoms with Crippen LogP contribution in [0, 0.1) is 6.92 Å². The van der Waals surface area contributed by atoms with Crippen molar-refractivity contribution in [3.63, 3.8) is 0 Å². The lowest BCUT2D eigenvalue weighted by atomic mass is 9.97. The molecule has 6 heteroatoms. The van der Waals surface area contributed by atoms with Gasteiger partial charge < -0.3 is 4.42 Å². The van der Waals surface area contributed by atoms with Gasteiger partial charge in [-0.05, 0) is 55.9 Å². The number of benzene rings is 1. The molecule has 3 aromatic heterocycles. The number of hydrogen-bond donors (Lipinski definition) is 0. The summed E-state index contributed by atoms with van der Waals surface area (Å²) in [5.41, 5.74) is 3.77. The van der Waals surface area contributed by atoms with Gasteiger partial charge in [-0.3, -0.25) is 9.36 Å². The Morgan fingerprint density at radius 2 is 2.00 bits per heavy atom. The van der Waals surface area contributed by atoms with E-state index in [2.05, 4.69) is 31.2 Å². The third-order valence-electron chi connectivity index (χ3n) is 5.42. The highest BCUT2D eigenvalue weighted by atomic mass is 32.2. The van der Waals surface area contributed by atoms with Gasteiger partial charge in [0.25, 0.3) is 5.56 Å². The molecule has 0 bridgehead atoms. The monoisotopic (exact) mass is 422 g/mol. The fourth-order valence-corrected chi connectivity index (χ4v) is 6.12. The fourth-order valence-electron chi connectivity index (χ4n) is 3.86. The van der Waals surface area contributed by atoms with Crippen molar-refractivity contribution in [2.45, 2.75) is 50.1 Å². The second kappa shape index (κ2) is 7.84. The molecule has 0 amide bonds. The van der Waals surface area contributed by atoms with Crippen LogP contribution in [0.2, 0.25) is 0 Å². The number of fused-ring (bicyclic) bond motifs is 3. The second-order valence-electron chi connectivity index (χ2n) is 7.53. The zero-order valence-electron chi connectivity index (χ0n) is 16.3. The van der Waals surface area contributed by atoms with E-state index in [1.165, 1.54) is 28.0 Å². The number of nitrogens with zero attached hydrogens (tertiary/aromatic N) is 2. The number of furan rings is 1. The summed E-state index contributed by atoms with van der Waals surface area (Å²) in [5, 5.41) is 1.59. The minimum atomic E-state index is 0.0669. The first-order valence-electron chi connectivity index (χ1n) is 9.95. The van der Waals surface area contributed by atoms with Crippen LogP contribution in [-0.2, 0) is 25.1 Å². The smallest absolute Gasteiger partial charge is 0.263 e. The molecule has 0 N–H and O–H groups in total. The molecule has 148 valence electrons. The van der Waals surface area contributed by atoms with Crippen molar-refractivity contribution in [3.05, 3.63) is 80.3 Å². The Morgan fingerprint density at radius 1 is 1.17 bits per heavy atom. The van der Waals surface area contributed by atoms with Crippen molar-refractivity contribution < 1.29 is 4.42 Å². The second-order valence-corrected chi connectivity index (χ2v) is 9.56. The lowest BCUT2D eigenvalue weighted by Gasteiger charge is -2.13. The van der Waals surface area contributed by atoms with Gasteiger partial charge in [0.05, 0.1) is 18.2 Å². The molecule has 1 aromatic carbocycles. The zero-order valence-corrected chi connectivity index (χ0v) is 17.9. The van der Waals surface area contributed by atoms with Crippen molar-refractivity contribution in [2.75, 3.05) is 0 Å². The van der Waals surface area contributed by atoms with Crippen molar-refractivity contribution >= 4 is 33.3 Å². The summed E-state index contributed by atoms with van der Waals surface area (Å²) in [4.78, 5) is 20.7. The molecule has 1 aliphatic carbocycles.